The molecule has 0 radical (unpaired) electrons. The van der Waals surface area contributed by atoms with Gasteiger partial charge in [0.2, 0.25) is 0 Å². The van der Waals surface area contributed by atoms with Crippen molar-refractivity contribution < 1.29 is 14.5 Å². The van der Waals surface area contributed by atoms with Crippen molar-refractivity contribution in [1.29, 1.82) is 0 Å². The molecule has 2 aliphatic rings. The third-order valence-electron chi connectivity index (χ3n) is 6.32. The van der Waals surface area contributed by atoms with E-state index in [-0.39, 0.29) is 28.2 Å². The molecule has 2 aliphatic heterocycles. The first-order chi connectivity index (χ1) is 14.9. The first kappa shape index (κ1) is 21.5. The SMILES string of the molecule is CC1CN(C(=O)c2ccccc2)CC2(CCN(CCc3cccc([N+](=O)[O-])c3)CC2)O1. The Morgan fingerprint density at radius 2 is 1.90 bits per heavy atom. The van der Waals surface area contributed by atoms with Gasteiger partial charge in [-0.2, -0.15) is 0 Å². The summed E-state index contributed by atoms with van der Waals surface area (Å²) in [5.41, 5.74) is 1.56. The van der Waals surface area contributed by atoms with Gasteiger partial charge in [-0.15, -0.1) is 0 Å². The lowest BCUT2D eigenvalue weighted by Crippen LogP contribution is -2.60. The number of piperidine rings is 1. The number of hydrogen-bond donors (Lipinski definition) is 0. The molecule has 0 aliphatic carbocycles. The van der Waals surface area contributed by atoms with Gasteiger partial charge in [-0.1, -0.05) is 30.3 Å². The average molecular weight is 424 g/mol. The molecule has 0 bridgehead atoms. The lowest BCUT2D eigenvalue weighted by atomic mass is 9.88. The molecule has 164 valence electrons. The molecular formula is C24H29N3O4. The topological polar surface area (TPSA) is 75.9 Å². The van der Waals surface area contributed by atoms with Crippen molar-refractivity contribution in [2.45, 2.75) is 37.9 Å². The van der Waals surface area contributed by atoms with Crippen LogP contribution < -0.4 is 0 Å². The molecule has 31 heavy (non-hydrogen) atoms. The van der Waals surface area contributed by atoms with E-state index >= 15 is 0 Å². The molecule has 7 nitrogen and oxygen atoms in total. The lowest BCUT2D eigenvalue weighted by molar-refractivity contribution is -0.384. The first-order valence-electron chi connectivity index (χ1n) is 10.9. The maximum absolute atomic E-state index is 13.0. The van der Waals surface area contributed by atoms with Gasteiger partial charge >= 0.3 is 0 Å². The quantitative estimate of drug-likeness (QED) is 0.543. The second kappa shape index (κ2) is 9.16. The standard InChI is InChI=1S/C24H29N3O4/c1-19-17-26(23(28)21-7-3-2-4-8-21)18-24(31-19)11-14-25(15-12-24)13-10-20-6-5-9-22(16-20)27(29)30/h2-9,16,19H,10-15,17-18H2,1H3. The Bertz CT molecular complexity index is 925. The van der Waals surface area contributed by atoms with E-state index in [0.717, 1.165) is 50.0 Å². The summed E-state index contributed by atoms with van der Waals surface area (Å²) in [4.78, 5) is 27.9. The predicted octanol–water partition coefficient (Wildman–Crippen LogP) is 3.53. The van der Waals surface area contributed by atoms with Crippen LogP contribution in [0.2, 0.25) is 0 Å². The Morgan fingerprint density at radius 1 is 1.16 bits per heavy atom. The minimum Gasteiger partial charge on any atom is -0.368 e. The average Bonchev–Trinajstić information content (AvgIpc) is 2.78. The zero-order valence-electron chi connectivity index (χ0n) is 17.9. The van der Waals surface area contributed by atoms with Crippen molar-refractivity contribution in [3.63, 3.8) is 0 Å². The number of nitro benzene ring substituents is 1. The minimum absolute atomic E-state index is 0.0119. The third-order valence-corrected chi connectivity index (χ3v) is 6.32. The Kier molecular flexibility index (Phi) is 6.34. The number of non-ortho nitro benzene ring substituents is 1. The number of carbonyl (C=O) groups is 1. The van der Waals surface area contributed by atoms with Gasteiger partial charge in [0.25, 0.3) is 11.6 Å². The Labute approximate surface area is 182 Å². The van der Waals surface area contributed by atoms with Gasteiger partial charge in [0.1, 0.15) is 0 Å². The molecule has 1 atom stereocenters. The molecule has 2 saturated heterocycles. The van der Waals surface area contributed by atoms with E-state index in [1.807, 2.05) is 48.2 Å². The number of likely N-dealkylation sites (tertiary alicyclic amines) is 1. The van der Waals surface area contributed by atoms with Crippen LogP contribution in [0.5, 0.6) is 0 Å². The molecule has 1 amide bonds. The number of carbonyl (C=O) groups excluding carboxylic acids is 1. The normalized spacial score (nSPS) is 21.2. The molecule has 7 heteroatoms. The van der Waals surface area contributed by atoms with Crippen molar-refractivity contribution in [1.82, 2.24) is 9.80 Å². The van der Waals surface area contributed by atoms with E-state index in [1.165, 1.54) is 6.07 Å². The molecule has 2 aromatic carbocycles. The van der Waals surface area contributed by atoms with Crippen LogP contribution in [0.1, 0.15) is 35.7 Å². The number of nitro groups is 1. The summed E-state index contributed by atoms with van der Waals surface area (Å²) >= 11 is 0. The number of rotatable bonds is 5. The number of morpholine rings is 1. The fourth-order valence-corrected chi connectivity index (χ4v) is 4.71. The molecule has 0 aromatic heterocycles. The maximum Gasteiger partial charge on any atom is 0.269 e. The molecule has 1 spiro atoms. The second-order valence-electron chi connectivity index (χ2n) is 8.68. The van der Waals surface area contributed by atoms with Crippen LogP contribution in [-0.4, -0.2) is 65.1 Å². The number of nitrogens with zero attached hydrogens (tertiary/aromatic N) is 3. The summed E-state index contributed by atoms with van der Waals surface area (Å²) in [5.74, 6) is 0.0724. The third kappa shape index (κ3) is 5.11. The molecule has 1 unspecified atom stereocenters. The summed E-state index contributed by atoms with van der Waals surface area (Å²) in [6, 6.07) is 16.3. The Morgan fingerprint density at radius 3 is 2.61 bits per heavy atom. The fraction of sp³-hybridized carbons (Fsp3) is 0.458. The van der Waals surface area contributed by atoms with Crippen molar-refractivity contribution in [3.05, 3.63) is 75.8 Å². The van der Waals surface area contributed by atoms with Gasteiger partial charge in [0, 0.05) is 43.9 Å². The summed E-state index contributed by atoms with van der Waals surface area (Å²) in [5, 5.41) is 11.0. The number of amides is 1. The maximum atomic E-state index is 13.0. The molecule has 0 N–H and O–H groups in total. The van der Waals surface area contributed by atoms with E-state index in [4.69, 9.17) is 4.74 Å². The molecular weight excluding hydrogens is 394 g/mol. The Hall–Kier alpha value is -2.77. The van der Waals surface area contributed by atoms with Crippen molar-refractivity contribution in [2.24, 2.45) is 0 Å². The largest absolute Gasteiger partial charge is 0.368 e. The van der Waals surface area contributed by atoms with E-state index < -0.39 is 0 Å². The van der Waals surface area contributed by atoms with Crippen LogP contribution in [0, 0.1) is 10.1 Å². The van der Waals surface area contributed by atoms with Crippen molar-refractivity contribution in [2.75, 3.05) is 32.7 Å². The first-order valence-corrected chi connectivity index (χ1v) is 10.9. The lowest BCUT2D eigenvalue weighted by Gasteiger charge is -2.49. The molecule has 2 heterocycles. The minimum atomic E-state index is -0.349. The van der Waals surface area contributed by atoms with Crippen molar-refractivity contribution >= 4 is 11.6 Å². The van der Waals surface area contributed by atoms with Gasteiger partial charge in [-0.25, -0.2) is 0 Å². The van der Waals surface area contributed by atoms with Gasteiger partial charge in [0.15, 0.2) is 0 Å². The summed E-state index contributed by atoms with van der Waals surface area (Å²) in [6.45, 7) is 5.94. The highest BCUT2D eigenvalue weighted by Crippen LogP contribution is 2.33. The fourth-order valence-electron chi connectivity index (χ4n) is 4.71. The van der Waals surface area contributed by atoms with Crippen LogP contribution in [0.25, 0.3) is 0 Å². The highest BCUT2D eigenvalue weighted by atomic mass is 16.6. The monoisotopic (exact) mass is 423 g/mol. The number of ether oxygens (including phenoxy) is 1. The zero-order valence-corrected chi connectivity index (χ0v) is 17.9. The number of benzene rings is 2. The van der Waals surface area contributed by atoms with Gasteiger partial charge < -0.3 is 14.5 Å². The predicted molar refractivity (Wildman–Crippen MR) is 118 cm³/mol. The van der Waals surface area contributed by atoms with Crippen LogP contribution in [0.15, 0.2) is 54.6 Å². The summed E-state index contributed by atoms with van der Waals surface area (Å²) < 4.78 is 6.39. The zero-order chi connectivity index (χ0) is 21.8. The van der Waals surface area contributed by atoms with Crippen molar-refractivity contribution in [3.8, 4) is 0 Å². The second-order valence-corrected chi connectivity index (χ2v) is 8.68. The van der Waals surface area contributed by atoms with E-state index in [2.05, 4.69) is 4.90 Å². The van der Waals surface area contributed by atoms with E-state index in [0.29, 0.717) is 13.1 Å². The van der Waals surface area contributed by atoms with Gasteiger partial charge in [0.05, 0.1) is 23.2 Å². The highest BCUT2D eigenvalue weighted by molar-refractivity contribution is 5.94. The van der Waals surface area contributed by atoms with Crippen LogP contribution in [0.3, 0.4) is 0 Å². The van der Waals surface area contributed by atoms with Gasteiger partial charge in [-0.3, -0.25) is 14.9 Å². The number of hydrogen-bond acceptors (Lipinski definition) is 5. The molecule has 2 aromatic rings. The Balaban J connectivity index is 1.34. The van der Waals surface area contributed by atoms with Crippen LogP contribution in [-0.2, 0) is 11.2 Å². The summed E-state index contributed by atoms with van der Waals surface area (Å²) in [7, 11) is 0. The van der Waals surface area contributed by atoms with E-state index in [9.17, 15) is 14.9 Å². The smallest absolute Gasteiger partial charge is 0.269 e. The molecule has 2 fully saturated rings. The van der Waals surface area contributed by atoms with Crippen LogP contribution >= 0.6 is 0 Å². The van der Waals surface area contributed by atoms with Crippen LogP contribution in [0.4, 0.5) is 5.69 Å². The molecule has 4 rings (SSSR count). The summed E-state index contributed by atoms with van der Waals surface area (Å²) in [6.07, 6.45) is 2.55. The molecule has 0 saturated carbocycles. The van der Waals surface area contributed by atoms with Gasteiger partial charge in [-0.05, 0) is 43.9 Å². The van der Waals surface area contributed by atoms with E-state index in [1.54, 1.807) is 12.1 Å². The highest BCUT2D eigenvalue weighted by Gasteiger charge is 2.43.